The average Bonchev–Trinajstić information content (AvgIpc) is 2.17. The Hall–Kier alpha value is -1.11. The molecule has 1 aromatic carbocycles. The summed E-state index contributed by atoms with van der Waals surface area (Å²) in [6.07, 6.45) is 1.73. The number of carbonyl (C=O) groups is 1. The van der Waals surface area contributed by atoms with Crippen LogP contribution in [0.3, 0.4) is 0 Å². The number of Topliss-reactive ketones (excluding diaryl/α,β-unsaturated/α-hetero) is 1. The zero-order chi connectivity index (χ0) is 11.4. The van der Waals surface area contributed by atoms with E-state index >= 15 is 0 Å². The Balaban J connectivity index is 2.91. The van der Waals surface area contributed by atoms with Crippen LogP contribution in [0, 0.1) is 19.8 Å². The van der Waals surface area contributed by atoms with Gasteiger partial charge in [0.05, 0.1) is 0 Å². The van der Waals surface area contributed by atoms with Crippen molar-refractivity contribution in [3.8, 4) is 0 Å². The first-order chi connectivity index (χ1) is 7.06. The summed E-state index contributed by atoms with van der Waals surface area (Å²) in [4.78, 5) is 12.1. The fraction of sp³-hybridized carbons (Fsp3) is 0.500. The van der Waals surface area contributed by atoms with Crippen molar-refractivity contribution in [2.24, 2.45) is 5.92 Å². The molecule has 0 heterocycles. The lowest BCUT2D eigenvalue weighted by atomic mass is 9.92. The average molecular weight is 204 g/mol. The Morgan fingerprint density at radius 3 is 2.27 bits per heavy atom. The summed E-state index contributed by atoms with van der Waals surface area (Å²) >= 11 is 0. The summed E-state index contributed by atoms with van der Waals surface area (Å²) in [5.41, 5.74) is 3.13. The third kappa shape index (κ3) is 2.92. The molecule has 0 saturated carbocycles. The van der Waals surface area contributed by atoms with Crippen molar-refractivity contribution in [3.63, 3.8) is 0 Å². The van der Waals surface area contributed by atoms with Gasteiger partial charge in [-0.05, 0) is 30.9 Å². The van der Waals surface area contributed by atoms with Gasteiger partial charge >= 0.3 is 0 Å². The molecule has 1 aromatic rings. The van der Waals surface area contributed by atoms with Crippen LogP contribution < -0.4 is 0 Å². The Kier molecular flexibility index (Phi) is 4.07. The van der Waals surface area contributed by atoms with Crippen LogP contribution in [0.15, 0.2) is 18.2 Å². The molecular formula is C14H20O. The summed E-state index contributed by atoms with van der Waals surface area (Å²) in [7, 11) is 0. The highest BCUT2D eigenvalue weighted by Crippen LogP contribution is 2.18. The maximum atomic E-state index is 12.1. The van der Waals surface area contributed by atoms with Gasteiger partial charge in [-0.1, -0.05) is 38.5 Å². The van der Waals surface area contributed by atoms with E-state index < -0.39 is 0 Å². The standard InChI is InChI=1S/C14H20O/c1-5-10(2)9-13(15)14-11(3)7-6-8-12(14)4/h6-8,10H,5,9H2,1-4H3. The third-order valence-corrected chi connectivity index (χ3v) is 2.99. The van der Waals surface area contributed by atoms with Crippen molar-refractivity contribution < 1.29 is 4.79 Å². The molecule has 15 heavy (non-hydrogen) atoms. The van der Waals surface area contributed by atoms with Crippen LogP contribution in [0.25, 0.3) is 0 Å². The van der Waals surface area contributed by atoms with E-state index in [1.54, 1.807) is 0 Å². The Bertz CT molecular complexity index is 332. The van der Waals surface area contributed by atoms with Gasteiger partial charge in [0.1, 0.15) is 0 Å². The van der Waals surface area contributed by atoms with Crippen LogP contribution in [0.5, 0.6) is 0 Å². The molecule has 0 fully saturated rings. The van der Waals surface area contributed by atoms with E-state index in [4.69, 9.17) is 0 Å². The lowest BCUT2D eigenvalue weighted by Gasteiger charge is -2.11. The zero-order valence-corrected chi connectivity index (χ0v) is 10.1. The van der Waals surface area contributed by atoms with Crippen LogP contribution >= 0.6 is 0 Å². The van der Waals surface area contributed by atoms with Crippen molar-refractivity contribution in [1.82, 2.24) is 0 Å². The van der Waals surface area contributed by atoms with Crippen molar-refractivity contribution in [3.05, 3.63) is 34.9 Å². The summed E-state index contributed by atoms with van der Waals surface area (Å²) < 4.78 is 0. The molecule has 1 heteroatoms. The smallest absolute Gasteiger partial charge is 0.163 e. The van der Waals surface area contributed by atoms with Crippen molar-refractivity contribution >= 4 is 5.78 Å². The number of carbonyl (C=O) groups excluding carboxylic acids is 1. The number of hydrogen-bond acceptors (Lipinski definition) is 1. The number of rotatable bonds is 4. The quantitative estimate of drug-likeness (QED) is 0.679. The lowest BCUT2D eigenvalue weighted by Crippen LogP contribution is -2.08. The van der Waals surface area contributed by atoms with Crippen molar-refractivity contribution in [1.29, 1.82) is 0 Å². The number of benzene rings is 1. The predicted molar refractivity (Wildman–Crippen MR) is 64.3 cm³/mol. The molecule has 0 spiro atoms. The molecule has 0 amide bonds. The molecule has 1 rings (SSSR count). The minimum Gasteiger partial charge on any atom is -0.294 e. The SMILES string of the molecule is CCC(C)CC(=O)c1c(C)cccc1C. The highest BCUT2D eigenvalue weighted by molar-refractivity contribution is 5.98. The van der Waals surface area contributed by atoms with Crippen LogP contribution in [0.1, 0.15) is 48.2 Å². The summed E-state index contributed by atoms with van der Waals surface area (Å²) in [6.45, 7) is 8.28. The van der Waals surface area contributed by atoms with Crippen molar-refractivity contribution in [2.75, 3.05) is 0 Å². The molecule has 0 aromatic heterocycles. The predicted octanol–water partition coefficient (Wildman–Crippen LogP) is 3.92. The molecule has 0 saturated heterocycles. The molecule has 0 aliphatic heterocycles. The highest BCUT2D eigenvalue weighted by Gasteiger charge is 2.13. The van der Waals surface area contributed by atoms with Crippen LogP contribution in [-0.2, 0) is 0 Å². The molecule has 0 N–H and O–H groups in total. The molecule has 82 valence electrons. The summed E-state index contributed by atoms with van der Waals surface area (Å²) in [5.74, 6) is 0.774. The second-order valence-electron chi connectivity index (χ2n) is 4.41. The molecule has 1 atom stereocenters. The van der Waals surface area contributed by atoms with Gasteiger partial charge in [-0.2, -0.15) is 0 Å². The maximum absolute atomic E-state index is 12.1. The normalized spacial score (nSPS) is 12.5. The van der Waals surface area contributed by atoms with E-state index in [0.29, 0.717) is 18.1 Å². The van der Waals surface area contributed by atoms with E-state index in [0.717, 1.165) is 23.1 Å². The molecule has 0 aliphatic rings. The minimum atomic E-state index is 0.292. The van der Waals surface area contributed by atoms with Gasteiger partial charge in [0.2, 0.25) is 0 Å². The van der Waals surface area contributed by atoms with E-state index in [2.05, 4.69) is 13.8 Å². The van der Waals surface area contributed by atoms with Crippen LogP contribution in [0.2, 0.25) is 0 Å². The van der Waals surface area contributed by atoms with Gasteiger partial charge < -0.3 is 0 Å². The fourth-order valence-electron chi connectivity index (χ4n) is 1.82. The molecular weight excluding hydrogens is 184 g/mol. The van der Waals surface area contributed by atoms with Gasteiger partial charge in [-0.15, -0.1) is 0 Å². The van der Waals surface area contributed by atoms with Crippen LogP contribution in [-0.4, -0.2) is 5.78 Å². The third-order valence-electron chi connectivity index (χ3n) is 2.99. The lowest BCUT2D eigenvalue weighted by molar-refractivity contribution is 0.0962. The second-order valence-corrected chi connectivity index (χ2v) is 4.41. The van der Waals surface area contributed by atoms with Gasteiger partial charge in [0, 0.05) is 12.0 Å². The molecule has 1 nitrogen and oxygen atoms in total. The van der Waals surface area contributed by atoms with Crippen molar-refractivity contribution in [2.45, 2.75) is 40.5 Å². The van der Waals surface area contributed by atoms with Gasteiger partial charge in [0.25, 0.3) is 0 Å². The Morgan fingerprint density at radius 2 is 1.80 bits per heavy atom. The maximum Gasteiger partial charge on any atom is 0.163 e. The molecule has 0 bridgehead atoms. The molecule has 1 unspecified atom stereocenters. The van der Waals surface area contributed by atoms with Gasteiger partial charge in [-0.3, -0.25) is 4.79 Å². The number of hydrogen-bond donors (Lipinski definition) is 0. The fourth-order valence-corrected chi connectivity index (χ4v) is 1.82. The van der Waals surface area contributed by atoms with E-state index in [9.17, 15) is 4.79 Å². The largest absolute Gasteiger partial charge is 0.294 e. The monoisotopic (exact) mass is 204 g/mol. The molecule has 0 radical (unpaired) electrons. The van der Waals surface area contributed by atoms with E-state index in [1.807, 2.05) is 32.0 Å². The number of ketones is 1. The Morgan fingerprint density at radius 1 is 1.27 bits per heavy atom. The Labute approximate surface area is 92.5 Å². The van der Waals surface area contributed by atoms with E-state index in [1.165, 1.54) is 0 Å². The molecule has 0 aliphatic carbocycles. The topological polar surface area (TPSA) is 17.1 Å². The second kappa shape index (κ2) is 5.11. The number of aryl methyl sites for hydroxylation is 2. The summed E-state index contributed by atoms with van der Waals surface area (Å²) in [6, 6.07) is 6.03. The van der Waals surface area contributed by atoms with Gasteiger partial charge in [0.15, 0.2) is 5.78 Å². The first-order valence-corrected chi connectivity index (χ1v) is 5.65. The first kappa shape index (κ1) is 12.0. The van der Waals surface area contributed by atoms with Crippen LogP contribution in [0.4, 0.5) is 0 Å². The first-order valence-electron chi connectivity index (χ1n) is 5.65. The zero-order valence-electron chi connectivity index (χ0n) is 10.1. The van der Waals surface area contributed by atoms with Gasteiger partial charge in [-0.25, -0.2) is 0 Å². The van der Waals surface area contributed by atoms with E-state index in [-0.39, 0.29) is 0 Å². The highest BCUT2D eigenvalue weighted by atomic mass is 16.1. The minimum absolute atomic E-state index is 0.292. The summed E-state index contributed by atoms with van der Waals surface area (Å²) in [5, 5.41) is 0.